The van der Waals surface area contributed by atoms with Gasteiger partial charge in [0.1, 0.15) is 11.5 Å². The van der Waals surface area contributed by atoms with Gasteiger partial charge in [0, 0.05) is 25.2 Å². The zero-order valence-corrected chi connectivity index (χ0v) is 12.1. The van der Waals surface area contributed by atoms with Gasteiger partial charge in [0.05, 0.1) is 6.10 Å². The Labute approximate surface area is 125 Å². The topological polar surface area (TPSA) is 130 Å². The lowest BCUT2D eigenvalue weighted by atomic mass is 10.3. The number of aromatic nitrogens is 2. The van der Waals surface area contributed by atoms with Gasteiger partial charge in [0.25, 0.3) is 11.8 Å². The third-order valence-corrected chi connectivity index (χ3v) is 2.72. The highest BCUT2D eigenvalue weighted by Gasteiger charge is 2.15. The fourth-order valence-electron chi connectivity index (χ4n) is 1.62. The minimum Gasteiger partial charge on any atom is -0.389 e. The first-order chi connectivity index (χ1) is 10.5. The minimum atomic E-state index is -0.950. The number of carbonyl (C=O) groups excluding carboxylic acids is 2. The van der Waals surface area contributed by atoms with Crippen LogP contribution in [0.1, 0.15) is 32.5 Å². The maximum absolute atomic E-state index is 11.7. The van der Waals surface area contributed by atoms with Crippen molar-refractivity contribution in [3.8, 4) is 0 Å². The predicted molar refractivity (Wildman–Crippen MR) is 73.2 cm³/mol. The van der Waals surface area contributed by atoms with E-state index in [9.17, 15) is 14.7 Å². The Hall–Kier alpha value is -2.68. The summed E-state index contributed by atoms with van der Waals surface area (Å²) in [7, 11) is 0. The first kappa shape index (κ1) is 15.7. The summed E-state index contributed by atoms with van der Waals surface area (Å²) in [6.45, 7) is 3.26. The van der Waals surface area contributed by atoms with E-state index in [1.165, 1.54) is 12.1 Å². The zero-order chi connectivity index (χ0) is 16.1. The van der Waals surface area contributed by atoms with Crippen LogP contribution >= 0.6 is 0 Å². The first-order valence-electron chi connectivity index (χ1n) is 6.57. The molecule has 0 aliphatic carbocycles. The summed E-state index contributed by atoms with van der Waals surface area (Å²) >= 11 is 0. The van der Waals surface area contributed by atoms with Crippen molar-refractivity contribution in [3.05, 3.63) is 35.0 Å². The van der Waals surface area contributed by atoms with Gasteiger partial charge in [0.2, 0.25) is 0 Å². The predicted octanol–water partition coefficient (Wildman–Crippen LogP) is -0.200. The lowest BCUT2D eigenvalue weighted by Crippen LogP contribution is -2.40. The Balaban J connectivity index is 1.72. The van der Waals surface area contributed by atoms with E-state index in [0.29, 0.717) is 11.5 Å². The summed E-state index contributed by atoms with van der Waals surface area (Å²) in [5.41, 5.74) is 0.263. The average molecular weight is 308 g/mol. The number of aryl methyl sites for hydroxylation is 2. The molecule has 0 radical (unpaired) electrons. The second-order valence-electron chi connectivity index (χ2n) is 4.72. The molecule has 0 spiro atoms. The molecule has 9 heteroatoms. The number of hydrogen-bond acceptors (Lipinski definition) is 7. The molecule has 0 fully saturated rings. The van der Waals surface area contributed by atoms with E-state index >= 15 is 0 Å². The summed E-state index contributed by atoms with van der Waals surface area (Å²) in [5, 5.41) is 21.8. The first-order valence-corrected chi connectivity index (χ1v) is 6.57. The van der Waals surface area contributed by atoms with Crippen LogP contribution in [0.5, 0.6) is 0 Å². The summed E-state index contributed by atoms with van der Waals surface area (Å²) in [6.07, 6.45) is -0.950. The Morgan fingerprint density at radius 3 is 1.77 bits per heavy atom. The van der Waals surface area contributed by atoms with E-state index in [2.05, 4.69) is 20.9 Å². The summed E-state index contributed by atoms with van der Waals surface area (Å²) in [6, 6.07) is 2.97. The molecule has 2 amide bonds. The van der Waals surface area contributed by atoms with Crippen LogP contribution in [-0.2, 0) is 0 Å². The third kappa shape index (κ3) is 4.16. The molecule has 118 valence electrons. The monoisotopic (exact) mass is 308 g/mol. The average Bonchev–Trinajstić information content (AvgIpc) is 3.10. The molecule has 0 saturated carbocycles. The molecule has 0 saturated heterocycles. The molecule has 9 nitrogen and oxygen atoms in total. The fourth-order valence-corrected chi connectivity index (χ4v) is 1.62. The van der Waals surface area contributed by atoms with Gasteiger partial charge in [-0.1, -0.05) is 10.3 Å². The van der Waals surface area contributed by atoms with E-state index < -0.39 is 17.9 Å². The van der Waals surface area contributed by atoms with Gasteiger partial charge in [-0.15, -0.1) is 0 Å². The molecule has 0 bridgehead atoms. The van der Waals surface area contributed by atoms with E-state index in [4.69, 9.17) is 9.05 Å². The minimum absolute atomic E-state index is 0.0388. The molecular formula is C13H16N4O5. The molecule has 22 heavy (non-hydrogen) atoms. The van der Waals surface area contributed by atoms with Crippen LogP contribution < -0.4 is 10.6 Å². The van der Waals surface area contributed by atoms with Gasteiger partial charge in [-0.3, -0.25) is 9.59 Å². The van der Waals surface area contributed by atoms with Crippen molar-refractivity contribution >= 4 is 11.8 Å². The third-order valence-electron chi connectivity index (χ3n) is 2.72. The normalized spacial score (nSPS) is 10.7. The van der Waals surface area contributed by atoms with Gasteiger partial charge in [0.15, 0.2) is 11.4 Å². The van der Waals surface area contributed by atoms with Gasteiger partial charge in [-0.2, -0.15) is 0 Å². The maximum Gasteiger partial charge on any atom is 0.273 e. The molecule has 0 unspecified atom stereocenters. The largest absolute Gasteiger partial charge is 0.389 e. The van der Waals surface area contributed by atoms with Gasteiger partial charge < -0.3 is 24.8 Å². The Bertz CT molecular complexity index is 607. The summed E-state index contributed by atoms with van der Waals surface area (Å²) in [4.78, 5) is 23.3. The van der Waals surface area contributed by atoms with Crippen LogP contribution in [-0.4, -0.2) is 46.4 Å². The lowest BCUT2D eigenvalue weighted by molar-refractivity contribution is 0.0876. The van der Waals surface area contributed by atoms with Crippen LogP contribution in [0.4, 0.5) is 0 Å². The van der Waals surface area contributed by atoms with E-state index in [0.717, 1.165) is 0 Å². The Morgan fingerprint density at radius 2 is 1.45 bits per heavy atom. The molecule has 3 N–H and O–H groups in total. The zero-order valence-electron chi connectivity index (χ0n) is 12.1. The molecule has 0 aliphatic rings. The smallest absolute Gasteiger partial charge is 0.273 e. The molecule has 0 atom stereocenters. The van der Waals surface area contributed by atoms with Crippen LogP contribution in [0.2, 0.25) is 0 Å². The maximum atomic E-state index is 11.7. The molecule has 2 aromatic rings. The molecule has 2 rings (SSSR count). The lowest BCUT2D eigenvalue weighted by Gasteiger charge is -2.11. The molecule has 0 aromatic carbocycles. The van der Waals surface area contributed by atoms with Crippen molar-refractivity contribution in [2.24, 2.45) is 0 Å². The number of aliphatic hydroxyl groups is 1. The SMILES string of the molecule is Cc1cc(C(=O)NCC(O)CNC(=O)c2cc(C)on2)no1. The number of aliphatic hydroxyl groups excluding tert-OH is 1. The van der Waals surface area contributed by atoms with Crippen molar-refractivity contribution in [2.75, 3.05) is 13.1 Å². The second kappa shape index (κ2) is 6.85. The van der Waals surface area contributed by atoms with Crippen LogP contribution in [0.15, 0.2) is 21.2 Å². The number of carbonyl (C=O) groups is 2. The van der Waals surface area contributed by atoms with Gasteiger partial charge >= 0.3 is 0 Å². The van der Waals surface area contributed by atoms with Crippen molar-refractivity contribution < 1.29 is 23.7 Å². The molecule has 2 heterocycles. The highest BCUT2D eigenvalue weighted by Crippen LogP contribution is 2.02. The Kier molecular flexibility index (Phi) is 4.89. The van der Waals surface area contributed by atoms with E-state index in [-0.39, 0.29) is 24.5 Å². The number of rotatable bonds is 6. The quantitative estimate of drug-likeness (QED) is 0.673. The number of amides is 2. The fraction of sp³-hybridized carbons (Fsp3) is 0.385. The number of nitrogens with one attached hydrogen (secondary N) is 2. The van der Waals surface area contributed by atoms with Crippen molar-refractivity contribution in [1.82, 2.24) is 20.9 Å². The molecular weight excluding hydrogens is 292 g/mol. The highest BCUT2D eigenvalue weighted by molar-refractivity contribution is 5.92. The second-order valence-corrected chi connectivity index (χ2v) is 4.72. The summed E-state index contributed by atoms with van der Waals surface area (Å²) < 4.78 is 9.55. The number of nitrogens with zero attached hydrogens (tertiary/aromatic N) is 2. The van der Waals surface area contributed by atoms with E-state index in [1.54, 1.807) is 13.8 Å². The number of hydrogen-bond donors (Lipinski definition) is 3. The van der Waals surface area contributed by atoms with Crippen molar-refractivity contribution in [3.63, 3.8) is 0 Å². The summed E-state index contributed by atoms with van der Waals surface area (Å²) in [5.74, 6) is 0.102. The van der Waals surface area contributed by atoms with E-state index in [1.807, 2.05) is 0 Å². The van der Waals surface area contributed by atoms with Crippen molar-refractivity contribution in [1.29, 1.82) is 0 Å². The molecule has 0 aliphatic heterocycles. The highest BCUT2D eigenvalue weighted by atomic mass is 16.5. The van der Waals surface area contributed by atoms with Gasteiger partial charge in [-0.05, 0) is 13.8 Å². The van der Waals surface area contributed by atoms with Crippen molar-refractivity contribution in [2.45, 2.75) is 20.0 Å². The Morgan fingerprint density at radius 1 is 1.05 bits per heavy atom. The van der Waals surface area contributed by atoms with Crippen LogP contribution in [0.25, 0.3) is 0 Å². The molecule has 2 aromatic heterocycles. The standard InChI is InChI=1S/C13H16N4O5/c1-7-3-10(16-21-7)12(19)14-5-9(18)6-15-13(20)11-4-8(2)22-17-11/h3-4,9,18H,5-6H2,1-2H3,(H,14,19)(H,15,20). The van der Waals surface area contributed by atoms with Gasteiger partial charge in [-0.25, -0.2) is 0 Å². The van der Waals surface area contributed by atoms with Crippen LogP contribution in [0.3, 0.4) is 0 Å². The van der Waals surface area contributed by atoms with Crippen LogP contribution in [0, 0.1) is 13.8 Å².